The van der Waals surface area contributed by atoms with Gasteiger partial charge in [0, 0.05) is 13.2 Å². The summed E-state index contributed by atoms with van der Waals surface area (Å²) in [5.74, 6) is 1.52. The van der Waals surface area contributed by atoms with Gasteiger partial charge in [0.05, 0.1) is 11.1 Å². The number of nitrogens with one attached hydrogen (secondary N) is 1. The summed E-state index contributed by atoms with van der Waals surface area (Å²) in [5, 5.41) is 3.37. The first-order chi connectivity index (χ1) is 9.08. The van der Waals surface area contributed by atoms with E-state index < -0.39 is 0 Å². The number of rotatable bonds is 8. The van der Waals surface area contributed by atoms with Crippen LogP contribution in [0.2, 0.25) is 0 Å². The van der Waals surface area contributed by atoms with Gasteiger partial charge in [0.2, 0.25) is 0 Å². The number of methoxy groups -OCH3 is 1. The summed E-state index contributed by atoms with van der Waals surface area (Å²) in [7, 11) is 3.68. The van der Waals surface area contributed by atoms with E-state index in [1.807, 2.05) is 13.1 Å². The van der Waals surface area contributed by atoms with E-state index in [1.54, 1.807) is 7.11 Å². The Bertz CT molecular complexity index is 382. The molecule has 108 valence electrons. The first-order valence-electron chi connectivity index (χ1n) is 6.67. The second kappa shape index (κ2) is 8.56. The summed E-state index contributed by atoms with van der Waals surface area (Å²) in [4.78, 5) is 0. The van der Waals surface area contributed by atoms with Crippen molar-refractivity contribution < 1.29 is 9.47 Å². The van der Waals surface area contributed by atoms with Crippen molar-refractivity contribution in [2.75, 3.05) is 27.4 Å². The average Bonchev–Trinajstić information content (AvgIpc) is 2.38. The van der Waals surface area contributed by atoms with Crippen LogP contribution in [0.3, 0.4) is 0 Å². The van der Waals surface area contributed by atoms with E-state index in [0.29, 0.717) is 25.2 Å². The fourth-order valence-electron chi connectivity index (χ4n) is 1.98. The predicted molar refractivity (Wildman–Crippen MR) is 82.8 cm³/mol. The molecule has 0 spiro atoms. The molecule has 1 aromatic carbocycles. The van der Waals surface area contributed by atoms with Gasteiger partial charge in [-0.2, -0.15) is 0 Å². The van der Waals surface area contributed by atoms with Crippen LogP contribution >= 0.6 is 15.9 Å². The lowest BCUT2D eigenvalue weighted by Gasteiger charge is -2.20. The number of ether oxygens (including phenoxy) is 2. The minimum absolute atomic E-state index is 0.379. The molecule has 1 rings (SSSR count). The molecule has 4 heteroatoms. The van der Waals surface area contributed by atoms with Gasteiger partial charge in [0.15, 0.2) is 0 Å². The van der Waals surface area contributed by atoms with Crippen LogP contribution in [0.25, 0.3) is 0 Å². The molecule has 1 N–H and O–H groups in total. The quantitative estimate of drug-likeness (QED) is 0.736. The van der Waals surface area contributed by atoms with E-state index in [0.717, 1.165) is 16.6 Å². The molecule has 19 heavy (non-hydrogen) atoms. The van der Waals surface area contributed by atoms with Crippen LogP contribution in [-0.4, -0.2) is 27.4 Å². The molecule has 0 aliphatic carbocycles. The average molecular weight is 330 g/mol. The summed E-state index contributed by atoms with van der Waals surface area (Å²) < 4.78 is 11.6. The van der Waals surface area contributed by atoms with Crippen molar-refractivity contribution in [1.29, 1.82) is 0 Å². The normalized spacial score (nSPS) is 12.7. The third-order valence-electron chi connectivity index (χ3n) is 2.96. The maximum absolute atomic E-state index is 5.63. The lowest BCUT2D eigenvalue weighted by atomic mass is 9.97. The maximum atomic E-state index is 5.63. The summed E-state index contributed by atoms with van der Waals surface area (Å²) in [5.41, 5.74) is 1.28. The van der Waals surface area contributed by atoms with E-state index >= 15 is 0 Å². The van der Waals surface area contributed by atoms with Gasteiger partial charge in [-0.3, -0.25) is 0 Å². The lowest BCUT2D eigenvalue weighted by Crippen LogP contribution is -2.18. The van der Waals surface area contributed by atoms with Crippen LogP contribution in [0.4, 0.5) is 0 Å². The largest absolute Gasteiger partial charge is 0.490 e. The van der Waals surface area contributed by atoms with Gasteiger partial charge >= 0.3 is 0 Å². The van der Waals surface area contributed by atoms with Crippen LogP contribution in [0.5, 0.6) is 5.75 Å². The number of benzene rings is 1. The molecule has 1 unspecified atom stereocenters. The Labute approximate surface area is 124 Å². The van der Waals surface area contributed by atoms with E-state index in [1.165, 1.54) is 5.56 Å². The summed E-state index contributed by atoms with van der Waals surface area (Å²) in [6.45, 7) is 5.64. The molecular weight excluding hydrogens is 306 g/mol. The molecule has 0 radical (unpaired) electrons. The molecule has 0 saturated heterocycles. The van der Waals surface area contributed by atoms with E-state index in [4.69, 9.17) is 9.47 Å². The maximum Gasteiger partial charge on any atom is 0.133 e. The standard InChI is InChI=1S/C15H24BrNO2/c1-11(2)9-14(17-3)12-5-6-15(13(16)10-12)19-8-7-18-4/h5-6,10-11,14,17H,7-9H2,1-4H3. The smallest absolute Gasteiger partial charge is 0.133 e. The van der Waals surface area contributed by atoms with E-state index in [-0.39, 0.29) is 0 Å². The zero-order valence-electron chi connectivity index (χ0n) is 12.2. The fourth-order valence-corrected chi connectivity index (χ4v) is 2.49. The zero-order valence-corrected chi connectivity index (χ0v) is 13.8. The van der Waals surface area contributed by atoms with Crippen LogP contribution in [0, 0.1) is 5.92 Å². The highest BCUT2D eigenvalue weighted by molar-refractivity contribution is 9.10. The highest BCUT2D eigenvalue weighted by Gasteiger charge is 2.13. The van der Waals surface area contributed by atoms with Crippen molar-refractivity contribution in [1.82, 2.24) is 5.32 Å². The van der Waals surface area contributed by atoms with Gasteiger partial charge in [-0.25, -0.2) is 0 Å². The van der Waals surface area contributed by atoms with Gasteiger partial charge in [-0.1, -0.05) is 19.9 Å². The molecule has 0 fully saturated rings. The van der Waals surface area contributed by atoms with Crippen molar-refractivity contribution in [3.05, 3.63) is 28.2 Å². The van der Waals surface area contributed by atoms with Gasteiger partial charge in [-0.15, -0.1) is 0 Å². The molecule has 0 aliphatic heterocycles. The molecule has 0 amide bonds. The van der Waals surface area contributed by atoms with Crippen molar-refractivity contribution in [2.24, 2.45) is 5.92 Å². The van der Waals surface area contributed by atoms with Crippen LogP contribution in [-0.2, 0) is 4.74 Å². The number of hydrogen-bond acceptors (Lipinski definition) is 3. The minimum Gasteiger partial charge on any atom is -0.490 e. The summed E-state index contributed by atoms with van der Waals surface area (Å²) >= 11 is 3.57. The van der Waals surface area contributed by atoms with Crippen molar-refractivity contribution in [3.8, 4) is 5.75 Å². The topological polar surface area (TPSA) is 30.5 Å². The Morgan fingerprint density at radius 1 is 1.26 bits per heavy atom. The molecule has 0 aromatic heterocycles. The molecular formula is C15H24BrNO2. The molecule has 1 aromatic rings. The second-order valence-corrected chi connectivity index (χ2v) is 5.86. The third-order valence-corrected chi connectivity index (χ3v) is 3.58. The monoisotopic (exact) mass is 329 g/mol. The fraction of sp³-hybridized carbons (Fsp3) is 0.600. The predicted octanol–water partition coefficient (Wildman–Crippen LogP) is 3.78. The second-order valence-electron chi connectivity index (χ2n) is 5.00. The first-order valence-corrected chi connectivity index (χ1v) is 7.46. The minimum atomic E-state index is 0.379. The third kappa shape index (κ3) is 5.51. The Kier molecular flexibility index (Phi) is 7.42. The van der Waals surface area contributed by atoms with Gasteiger partial charge < -0.3 is 14.8 Å². The van der Waals surface area contributed by atoms with E-state index in [9.17, 15) is 0 Å². The summed E-state index contributed by atoms with van der Waals surface area (Å²) in [6, 6.07) is 6.64. The van der Waals surface area contributed by atoms with Crippen molar-refractivity contribution in [2.45, 2.75) is 26.3 Å². The SMILES string of the molecule is CNC(CC(C)C)c1ccc(OCCOC)c(Br)c1. The van der Waals surface area contributed by atoms with Crippen LogP contribution in [0.15, 0.2) is 22.7 Å². The van der Waals surface area contributed by atoms with Crippen LogP contribution < -0.4 is 10.1 Å². The number of hydrogen-bond donors (Lipinski definition) is 1. The highest BCUT2D eigenvalue weighted by Crippen LogP contribution is 2.30. The number of halogens is 1. The molecule has 0 heterocycles. The van der Waals surface area contributed by atoms with Crippen molar-refractivity contribution >= 4 is 15.9 Å². The van der Waals surface area contributed by atoms with Gasteiger partial charge in [0.1, 0.15) is 12.4 Å². The van der Waals surface area contributed by atoms with Crippen molar-refractivity contribution in [3.63, 3.8) is 0 Å². The van der Waals surface area contributed by atoms with E-state index in [2.05, 4.69) is 47.2 Å². The zero-order chi connectivity index (χ0) is 14.3. The Morgan fingerprint density at radius 2 is 2.00 bits per heavy atom. The Balaban J connectivity index is 2.74. The van der Waals surface area contributed by atoms with Gasteiger partial charge in [-0.05, 0) is 53.0 Å². The Morgan fingerprint density at radius 3 is 2.53 bits per heavy atom. The van der Waals surface area contributed by atoms with Gasteiger partial charge in [0.25, 0.3) is 0 Å². The molecule has 3 nitrogen and oxygen atoms in total. The molecule has 0 saturated carbocycles. The summed E-state index contributed by atoms with van der Waals surface area (Å²) in [6.07, 6.45) is 1.12. The molecule has 1 atom stereocenters. The highest BCUT2D eigenvalue weighted by atomic mass is 79.9. The Hall–Kier alpha value is -0.580. The molecule has 0 bridgehead atoms. The molecule has 0 aliphatic rings. The van der Waals surface area contributed by atoms with Crippen LogP contribution in [0.1, 0.15) is 31.9 Å². The lowest BCUT2D eigenvalue weighted by molar-refractivity contribution is 0.146. The first kappa shape index (κ1) is 16.5.